The Bertz CT molecular complexity index is 2200. The smallest absolute Gasteiger partial charge is 0.462 e. The van der Waals surface area contributed by atoms with Crippen LogP contribution >= 0.6 is 15.6 Å². The predicted molar refractivity (Wildman–Crippen MR) is 390 cm³/mol. The Hall–Kier alpha value is -4.02. The number of phosphoric ester groups is 2. The fourth-order valence-corrected chi connectivity index (χ4v) is 11.3. The van der Waals surface area contributed by atoms with Gasteiger partial charge in [-0.25, -0.2) is 9.13 Å². The van der Waals surface area contributed by atoms with Gasteiger partial charge in [-0.15, -0.1) is 0 Å². The summed E-state index contributed by atoms with van der Waals surface area (Å²) in [6, 6.07) is 0. The Kier molecular flexibility index (Phi) is 66.6. The highest BCUT2D eigenvalue weighted by molar-refractivity contribution is 7.47. The van der Waals surface area contributed by atoms with Gasteiger partial charge in [0.25, 0.3) is 0 Å². The van der Waals surface area contributed by atoms with E-state index >= 15 is 0 Å². The summed E-state index contributed by atoms with van der Waals surface area (Å²) in [5.74, 6) is -2.25. The summed E-state index contributed by atoms with van der Waals surface area (Å²) >= 11 is 0. The van der Waals surface area contributed by atoms with Crippen molar-refractivity contribution >= 4 is 39.5 Å². The number of phosphoric acid groups is 2. The van der Waals surface area contributed by atoms with Crippen LogP contribution in [0.2, 0.25) is 0 Å². The van der Waals surface area contributed by atoms with Crippen molar-refractivity contribution in [3.63, 3.8) is 0 Å². The molecule has 0 amide bonds. The predicted octanol–water partition coefficient (Wildman–Crippen LogP) is 21.2. The Morgan fingerprint density at radius 1 is 0.302 bits per heavy atom. The lowest BCUT2D eigenvalue weighted by Gasteiger charge is -2.21. The van der Waals surface area contributed by atoms with Crippen LogP contribution in [0.4, 0.5) is 0 Å². The van der Waals surface area contributed by atoms with E-state index in [-0.39, 0.29) is 25.7 Å². The van der Waals surface area contributed by atoms with Gasteiger partial charge in [-0.1, -0.05) is 240 Å². The molecule has 0 aromatic heterocycles. The molecule has 0 bridgehead atoms. The molecule has 3 N–H and O–H groups in total. The minimum atomic E-state index is -4.98. The summed E-state index contributed by atoms with van der Waals surface area (Å²) in [7, 11) is -9.96. The zero-order chi connectivity index (χ0) is 70.4. The second kappa shape index (κ2) is 69.5. The molecule has 96 heavy (non-hydrogen) atoms. The van der Waals surface area contributed by atoms with E-state index in [1.807, 2.05) is 0 Å². The molecule has 5 unspecified atom stereocenters. The summed E-state index contributed by atoms with van der Waals surface area (Å²) < 4.78 is 68.3. The molecule has 0 saturated heterocycles. The minimum absolute atomic E-state index is 0.0757. The highest BCUT2D eigenvalue weighted by Gasteiger charge is 2.30. The van der Waals surface area contributed by atoms with E-state index in [0.717, 1.165) is 161 Å². The number of aliphatic hydroxyl groups is 1. The number of allylic oxidation sites excluding steroid dienone is 16. The van der Waals surface area contributed by atoms with Crippen molar-refractivity contribution < 1.29 is 80.2 Å². The molecule has 0 heterocycles. The third kappa shape index (κ3) is 68.5. The number of carbonyl (C=O) groups excluding carboxylic acids is 4. The molecule has 0 fully saturated rings. The van der Waals surface area contributed by atoms with E-state index in [4.69, 9.17) is 37.0 Å². The first-order valence-corrected chi connectivity index (χ1v) is 40.5. The van der Waals surface area contributed by atoms with Crippen molar-refractivity contribution in [2.75, 3.05) is 39.6 Å². The Balaban J connectivity index is 5.37. The van der Waals surface area contributed by atoms with E-state index in [9.17, 15) is 43.2 Å². The van der Waals surface area contributed by atoms with Gasteiger partial charge >= 0.3 is 39.5 Å². The van der Waals surface area contributed by atoms with Crippen molar-refractivity contribution in [2.45, 2.75) is 329 Å². The van der Waals surface area contributed by atoms with Gasteiger partial charge < -0.3 is 33.8 Å². The number of unbranched alkanes of at least 4 members (excludes halogenated alkanes) is 28. The molecule has 19 heteroatoms. The zero-order valence-corrected chi connectivity index (χ0v) is 62.1. The van der Waals surface area contributed by atoms with Crippen LogP contribution in [-0.2, 0) is 65.4 Å². The van der Waals surface area contributed by atoms with Gasteiger partial charge in [0, 0.05) is 25.7 Å². The average molecular weight is 1390 g/mol. The quantitative estimate of drug-likeness (QED) is 0.0169. The lowest BCUT2D eigenvalue weighted by atomic mass is 10.1. The monoisotopic (exact) mass is 1390 g/mol. The highest BCUT2D eigenvalue weighted by atomic mass is 31.2. The van der Waals surface area contributed by atoms with E-state index in [1.54, 1.807) is 0 Å². The molecule has 0 aliphatic carbocycles. The second-order valence-electron chi connectivity index (χ2n) is 24.8. The molecule has 0 aliphatic rings. The van der Waals surface area contributed by atoms with Crippen LogP contribution < -0.4 is 0 Å². The Morgan fingerprint density at radius 2 is 0.552 bits per heavy atom. The molecule has 0 aromatic carbocycles. The largest absolute Gasteiger partial charge is 0.472 e. The lowest BCUT2D eigenvalue weighted by Crippen LogP contribution is -2.30. The number of ether oxygens (including phenoxy) is 4. The number of carbonyl (C=O) groups is 4. The summed E-state index contributed by atoms with van der Waals surface area (Å²) in [5, 5.41) is 10.6. The van der Waals surface area contributed by atoms with Gasteiger partial charge in [-0.3, -0.25) is 37.3 Å². The Morgan fingerprint density at radius 3 is 0.917 bits per heavy atom. The fourth-order valence-electron chi connectivity index (χ4n) is 9.75. The van der Waals surface area contributed by atoms with Crippen LogP contribution in [0, 0.1) is 0 Å². The molecular formula is C77H134O17P2. The molecule has 0 aromatic rings. The first-order chi connectivity index (χ1) is 46.7. The zero-order valence-electron chi connectivity index (χ0n) is 60.3. The third-order valence-corrected chi connectivity index (χ3v) is 17.4. The summed E-state index contributed by atoms with van der Waals surface area (Å²) in [5.41, 5.74) is 0. The summed E-state index contributed by atoms with van der Waals surface area (Å²) in [4.78, 5) is 72.7. The minimum Gasteiger partial charge on any atom is -0.462 e. The maximum atomic E-state index is 13.1. The van der Waals surface area contributed by atoms with Gasteiger partial charge in [0.2, 0.25) is 0 Å². The topological polar surface area (TPSA) is 237 Å². The first kappa shape index (κ1) is 92.0. The molecular weight excluding hydrogens is 1260 g/mol. The number of esters is 4. The van der Waals surface area contributed by atoms with Crippen molar-refractivity contribution in [3.8, 4) is 0 Å². The van der Waals surface area contributed by atoms with Crippen LogP contribution in [0.1, 0.15) is 310 Å². The molecule has 0 rings (SSSR count). The molecule has 0 aliphatic heterocycles. The van der Waals surface area contributed by atoms with Crippen LogP contribution in [-0.4, -0.2) is 96.7 Å². The van der Waals surface area contributed by atoms with Gasteiger partial charge in [-0.05, 0) is 141 Å². The molecule has 0 spiro atoms. The lowest BCUT2D eigenvalue weighted by molar-refractivity contribution is -0.161. The van der Waals surface area contributed by atoms with Crippen LogP contribution in [0.25, 0.3) is 0 Å². The Labute approximate surface area is 582 Å². The molecule has 0 radical (unpaired) electrons. The average Bonchev–Trinajstić information content (AvgIpc) is 1.09. The van der Waals surface area contributed by atoms with Gasteiger partial charge in [0.15, 0.2) is 12.2 Å². The molecule has 554 valence electrons. The van der Waals surface area contributed by atoms with E-state index in [2.05, 4.69) is 125 Å². The summed E-state index contributed by atoms with van der Waals surface area (Å²) in [6.07, 6.45) is 71.2. The number of hydrogen-bond acceptors (Lipinski definition) is 15. The standard InChI is InChI=1S/C77H134O17P2/c1-5-9-13-17-21-25-29-32-35-38-42-45-49-53-57-61-74(79)87-67-72(93-76(81)63-59-55-51-47-41-28-24-20-16-12-8-4)69-91-95(83,84)89-65-71(78)66-90-96(85,86)92-70-73(94-77(82)64-60-56-52-48-44-40-37-34-31-27-23-19-15-11-7-3)68-88-75(80)62-58-54-50-46-43-39-36-33-30-26-22-18-14-10-6-2/h10,14,20-22,24-26,32-37,43,46,71-73,78H,5-9,11-13,15-19,23,27-31,38-42,44-45,47-70H2,1-4H3,(H,83,84)(H,85,86)/b14-10-,24-20-,25-21-,26-22-,35-32-,36-33-,37-34-,46-43-. The van der Waals surface area contributed by atoms with Crippen molar-refractivity contribution in [3.05, 3.63) is 97.2 Å². The van der Waals surface area contributed by atoms with Crippen molar-refractivity contribution in [2.24, 2.45) is 0 Å². The maximum Gasteiger partial charge on any atom is 0.472 e. The molecule has 17 nitrogen and oxygen atoms in total. The number of hydrogen-bond donors (Lipinski definition) is 3. The van der Waals surface area contributed by atoms with Gasteiger partial charge in [0.05, 0.1) is 26.4 Å². The maximum absolute atomic E-state index is 13.1. The molecule has 0 saturated carbocycles. The van der Waals surface area contributed by atoms with Gasteiger partial charge in [-0.2, -0.15) is 0 Å². The van der Waals surface area contributed by atoms with Crippen LogP contribution in [0.3, 0.4) is 0 Å². The van der Waals surface area contributed by atoms with E-state index in [0.29, 0.717) is 25.7 Å². The van der Waals surface area contributed by atoms with Crippen LogP contribution in [0.15, 0.2) is 97.2 Å². The van der Waals surface area contributed by atoms with Crippen molar-refractivity contribution in [1.82, 2.24) is 0 Å². The SMILES string of the molecule is CC/C=C\C/C=C\C/C=C\C/C=C\CCCCC(=O)OCC(COP(=O)(O)OCC(O)COP(=O)(O)OCC(COC(=O)CCCCCCC/C=C\C/C=C\CCCCC)OC(=O)CCCCCCC/C=C\CCCC)OC(=O)CCCCCCC/C=C\CCCCCCCC. The van der Waals surface area contributed by atoms with E-state index < -0.39 is 97.5 Å². The normalized spacial score (nSPS) is 14.5. The fraction of sp³-hybridized carbons (Fsp3) is 0.740. The second-order valence-corrected chi connectivity index (χ2v) is 27.8. The molecule has 5 atom stereocenters. The summed E-state index contributed by atoms with van der Waals surface area (Å²) in [6.45, 7) is 4.61. The first-order valence-electron chi connectivity index (χ1n) is 37.5. The van der Waals surface area contributed by atoms with E-state index in [1.165, 1.54) is 70.6 Å². The highest BCUT2D eigenvalue weighted by Crippen LogP contribution is 2.45. The number of rotatable bonds is 70. The van der Waals surface area contributed by atoms with Gasteiger partial charge in [0.1, 0.15) is 19.3 Å². The van der Waals surface area contributed by atoms with Crippen molar-refractivity contribution in [1.29, 1.82) is 0 Å². The third-order valence-electron chi connectivity index (χ3n) is 15.5. The number of aliphatic hydroxyl groups excluding tert-OH is 1. The van der Waals surface area contributed by atoms with Crippen LogP contribution in [0.5, 0.6) is 0 Å².